The average molecular weight is 293 g/mol. The van der Waals surface area contributed by atoms with Gasteiger partial charge in [0.25, 0.3) is 0 Å². The first-order valence-electron chi connectivity index (χ1n) is 6.86. The summed E-state index contributed by atoms with van der Waals surface area (Å²) in [5, 5.41) is 4.05. The number of hydrogen-bond donors (Lipinski definition) is 0. The van der Waals surface area contributed by atoms with E-state index in [1.807, 2.05) is 54.7 Å². The molecule has 1 aromatic carbocycles. The smallest absolute Gasteiger partial charge is 0.222 e. The van der Waals surface area contributed by atoms with Crippen LogP contribution in [0.25, 0.3) is 11.3 Å². The Bertz CT molecular complexity index is 766. The molecule has 0 saturated carbocycles. The van der Waals surface area contributed by atoms with Crippen LogP contribution in [0.4, 0.5) is 0 Å². The van der Waals surface area contributed by atoms with E-state index in [0.29, 0.717) is 23.9 Å². The fraction of sp³-hybridized carbons (Fsp3) is 0.118. The molecule has 0 aliphatic carbocycles. The molecule has 0 atom stereocenters. The molecule has 3 aromatic rings. The predicted octanol–water partition coefficient (Wildman–Crippen LogP) is 3.36. The van der Waals surface area contributed by atoms with E-state index in [9.17, 15) is 0 Å². The largest absolute Gasteiger partial charge is 0.481 e. The average Bonchev–Trinajstić information content (AvgIpc) is 3.04. The molecule has 0 aliphatic heterocycles. The molecule has 0 radical (unpaired) electrons. The van der Waals surface area contributed by atoms with Crippen LogP contribution in [0.5, 0.6) is 5.88 Å². The second-order valence-corrected chi connectivity index (χ2v) is 4.62. The van der Waals surface area contributed by atoms with Gasteiger partial charge in [0.15, 0.2) is 5.76 Å². The SMILES string of the molecule is COc1ncccc1-c1cc(CN=Cc2ccccc2)on1. The Kier molecular flexibility index (Phi) is 4.25. The van der Waals surface area contributed by atoms with Crippen molar-refractivity contribution in [3.05, 3.63) is 66.1 Å². The molecule has 0 amide bonds. The highest BCUT2D eigenvalue weighted by molar-refractivity contribution is 5.79. The van der Waals surface area contributed by atoms with Gasteiger partial charge in [0, 0.05) is 18.5 Å². The summed E-state index contributed by atoms with van der Waals surface area (Å²) in [4.78, 5) is 8.51. The van der Waals surface area contributed by atoms with Crippen molar-refractivity contribution in [3.63, 3.8) is 0 Å². The van der Waals surface area contributed by atoms with E-state index in [-0.39, 0.29) is 0 Å². The summed E-state index contributed by atoms with van der Waals surface area (Å²) >= 11 is 0. The molecule has 2 aromatic heterocycles. The van der Waals surface area contributed by atoms with E-state index >= 15 is 0 Å². The van der Waals surface area contributed by atoms with Gasteiger partial charge in [0.2, 0.25) is 5.88 Å². The quantitative estimate of drug-likeness (QED) is 0.677. The lowest BCUT2D eigenvalue weighted by Gasteiger charge is -2.02. The number of nitrogens with zero attached hydrogens (tertiary/aromatic N) is 3. The third kappa shape index (κ3) is 3.20. The molecule has 2 heterocycles. The minimum atomic E-state index is 0.435. The molecule has 110 valence electrons. The van der Waals surface area contributed by atoms with Gasteiger partial charge in [0.05, 0.1) is 19.2 Å². The van der Waals surface area contributed by atoms with Crippen LogP contribution in [-0.4, -0.2) is 23.5 Å². The van der Waals surface area contributed by atoms with Gasteiger partial charge in [-0.3, -0.25) is 4.99 Å². The van der Waals surface area contributed by atoms with Gasteiger partial charge >= 0.3 is 0 Å². The zero-order chi connectivity index (χ0) is 15.2. The molecule has 22 heavy (non-hydrogen) atoms. The van der Waals surface area contributed by atoms with Crippen LogP contribution >= 0.6 is 0 Å². The van der Waals surface area contributed by atoms with Crippen LogP contribution in [0.3, 0.4) is 0 Å². The molecule has 0 bridgehead atoms. The Hall–Kier alpha value is -2.95. The van der Waals surface area contributed by atoms with Crippen LogP contribution in [0.15, 0.2) is 64.2 Å². The van der Waals surface area contributed by atoms with E-state index in [2.05, 4.69) is 15.1 Å². The lowest BCUT2D eigenvalue weighted by molar-refractivity contribution is 0.384. The number of hydrogen-bond acceptors (Lipinski definition) is 5. The van der Waals surface area contributed by atoms with Crippen molar-refractivity contribution < 1.29 is 9.26 Å². The van der Waals surface area contributed by atoms with Gasteiger partial charge in [-0.05, 0) is 17.7 Å². The normalized spacial score (nSPS) is 11.0. The summed E-state index contributed by atoms with van der Waals surface area (Å²) in [7, 11) is 1.58. The van der Waals surface area contributed by atoms with Crippen molar-refractivity contribution in [1.29, 1.82) is 0 Å². The zero-order valence-electron chi connectivity index (χ0n) is 12.1. The first-order valence-corrected chi connectivity index (χ1v) is 6.86. The van der Waals surface area contributed by atoms with Crippen molar-refractivity contribution in [2.45, 2.75) is 6.54 Å². The lowest BCUT2D eigenvalue weighted by Crippen LogP contribution is -1.90. The molecule has 3 rings (SSSR count). The third-order valence-corrected chi connectivity index (χ3v) is 3.09. The van der Waals surface area contributed by atoms with Crippen LogP contribution in [-0.2, 0) is 6.54 Å². The Morgan fingerprint density at radius 2 is 2.05 bits per heavy atom. The van der Waals surface area contributed by atoms with Crippen molar-refractivity contribution in [1.82, 2.24) is 10.1 Å². The minimum Gasteiger partial charge on any atom is -0.481 e. The molecule has 0 aliphatic rings. The number of ether oxygens (including phenoxy) is 1. The predicted molar refractivity (Wildman–Crippen MR) is 84.0 cm³/mol. The zero-order valence-corrected chi connectivity index (χ0v) is 12.1. The van der Waals surface area contributed by atoms with E-state index in [4.69, 9.17) is 9.26 Å². The maximum atomic E-state index is 5.31. The summed E-state index contributed by atoms with van der Waals surface area (Å²) in [6, 6.07) is 15.5. The van der Waals surface area contributed by atoms with Gasteiger partial charge in [-0.25, -0.2) is 4.98 Å². The Labute approximate surface area is 128 Å². The number of pyridine rings is 1. The summed E-state index contributed by atoms with van der Waals surface area (Å²) < 4.78 is 10.5. The second-order valence-electron chi connectivity index (χ2n) is 4.62. The molecular weight excluding hydrogens is 278 g/mol. The number of methoxy groups -OCH3 is 1. The summed E-state index contributed by atoms with van der Waals surface area (Å²) in [6.07, 6.45) is 3.49. The van der Waals surface area contributed by atoms with Crippen molar-refractivity contribution >= 4 is 6.21 Å². The van der Waals surface area contributed by atoms with E-state index in [1.54, 1.807) is 13.3 Å². The van der Waals surface area contributed by atoms with Crippen LogP contribution < -0.4 is 4.74 Å². The van der Waals surface area contributed by atoms with Gasteiger partial charge < -0.3 is 9.26 Å². The highest BCUT2D eigenvalue weighted by Crippen LogP contribution is 2.27. The molecule has 0 unspecified atom stereocenters. The van der Waals surface area contributed by atoms with Crippen LogP contribution in [0, 0.1) is 0 Å². The van der Waals surface area contributed by atoms with Crippen molar-refractivity contribution in [2.24, 2.45) is 4.99 Å². The van der Waals surface area contributed by atoms with Crippen molar-refractivity contribution in [2.75, 3.05) is 7.11 Å². The van der Waals surface area contributed by atoms with E-state index in [0.717, 1.165) is 11.1 Å². The Morgan fingerprint density at radius 3 is 2.86 bits per heavy atom. The summed E-state index contributed by atoms with van der Waals surface area (Å²) in [6.45, 7) is 0.435. The fourth-order valence-corrected chi connectivity index (χ4v) is 2.04. The second kappa shape index (κ2) is 6.67. The van der Waals surface area contributed by atoms with Gasteiger partial charge in [-0.15, -0.1) is 0 Å². The van der Waals surface area contributed by atoms with Crippen LogP contribution in [0.2, 0.25) is 0 Å². The lowest BCUT2D eigenvalue weighted by atomic mass is 10.2. The Balaban J connectivity index is 1.73. The van der Waals surface area contributed by atoms with Gasteiger partial charge in [0.1, 0.15) is 5.69 Å². The maximum Gasteiger partial charge on any atom is 0.222 e. The number of rotatable bonds is 5. The van der Waals surface area contributed by atoms with E-state index in [1.165, 1.54) is 0 Å². The third-order valence-electron chi connectivity index (χ3n) is 3.09. The molecular formula is C17H15N3O2. The number of benzene rings is 1. The highest BCUT2D eigenvalue weighted by atomic mass is 16.5. The summed E-state index contributed by atoms with van der Waals surface area (Å²) in [5.41, 5.74) is 2.54. The molecule has 0 fully saturated rings. The fourth-order valence-electron chi connectivity index (χ4n) is 2.04. The minimum absolute atomic E-state index is 0.435. The maximum absolute atomic E-state index is 5.31. The highest BCUT2D eigenvalue weighted by Gasteiger charge is 2.11. The molecule has 5 heteroatoms. The first kappa shape index (κ1) is 14.0. The molecule has 5 nitrogen and oxygen atoms in total. The van der Waals surface area contributed by atoms with Gasteiger partial charge in [-0.2, -0.15) is 0 Å². The van der Waals surface area contributed by atoms with E-state index < -0.39 is 0 Å². The number of aliphatic imine (C=N–C) groups is 1. The monoisotopic (exact) mass is 293 g/mol. The molecule has 0 saturated heterocycles. The van der Waals surface area contributed by atoms with Crippen molar-refractivity contribution in [3.8, 4) is 17.1 Å². The van der Waals surface area contributed by atoms with Crippen LogP contribution in [0.1, 0.15) is 11.3 Å². The Morgan fingerprint density at radius 1 is 1.18 bits per heavy atom. The number of aromatic nitrogens is 2. The molecule has 0 N–H and O–H groups in total. The standard InChI is InChI=1S/C17H15N3O2/c1-21-17-15(8-5-9-19-17)16-10-14(22-20-16)12-18-11-13-6-3-2-4-7-13/h2-11H,12H2,1H3. The molecule has 0 spiro atoms. The first-order chi connectivity index (χ1) is 10.9. The van der Waals surface area contributed by atoms with Gasteiger partial charge in [-0.1, -0.05) is 35.5 Å². The summed E-state index contributed by atoms with van der Waals surface area (Å²) in [5.74, 6) is 1.21. The topological polar surface area (TPSA) is 60.5 Å².